The summed E-state index contributed by atoms with van der Waals surface area (Å²) in [5.74, 6) is 0.346. The third-order valence-electron chi connectivity index (χ3n) is 2.21. The summed E-state index contributed by atoms with van der Waals surface area (Å²) in [6, 6.07) is 4.98. The van der Waals surface area contributed by atoms with E-state index in [-0.39, 0.29) is 5.82 Å². The molecule has 1 aromatic heterocycles. The molecule has 0 radical (unpaired) electrons. The van der Waals surface area contributed by atoms with E-state index < -0.39 is 0 Å². The molecule has 1 aromatic carbocycles. The first-order chi connectivity index (χ1) is 7.08. The second kappa shape index (κ2) is 3.58. The molecule has 0 saturated carbocycles. The van der Waals surface area contributed by atoms with E-state index >= 15 is 0 Å². The van der Waals surface area contributed by atoms with Crippen LogP contribution in [0.5, 0.6) is 0 Å². The van der Waals surface area contributed by atoms with Gasteiger partial charge >= 0.3 is 0 Å². The van der Waals surface area contributed by atoms with Crippen molar-refractivity contribution in [3.8, 4) is 11.4 Å². The van der Waals surface area contributed by atoms with Crippen LogP contribution in [0.4, 0.5) is 4.39 Å². The predicted octanol–water partition coefficient (Wildman–Crippen LogP) is 2.59. The molecule has 0 fully saturated rings. The third kappa shape index (κ3) is 1.83. The summed E-state index contributed by atoms with van der Waals surface area (Å²) in [6.07, 6.45) is 0. The highest BCUT2D eigenvalue weighted by atomic mass is 32.1. The minimum atomic E-state index is -0.238. The summed E-state index contributed by atoms with van der Waals surface area (Å²) >= 11 is 4.96. The Morgan fingerprint density at radius 3 is 2.73 bits per heavy atom. The molecule has 0 spiro atoms. The number of halogens is 1. The van der Waals surface area contributed by atoms with Crippen LogP contribution >= 0.6 is 12.2 Å². The van der Waals surface area contributed by atoms with Gasteiger partial charge in [0.05, 0.1) is 0 Å². The minimum Gasteiger partial charge on any atom is -0.279 e. The Labute approximate surface area is 91.6 Å². The average molecular weight is 223 g/mol. The fourth-order valence-corrected chi connectivity index (χ4v) is 1.41. The van der Waals surface area contributed by atoms with Crippen molar-refractivity contribution in [3.63, 3.8) is 0 Å². The first kappa shape index (κ1) is 10.0. The molecule has 0 unspecified atom stereocenters. The van der Waals surface area contributed by atoms with E-state index in [1.54, 1.807) is 24.7 Å². The standard InChI is InChI=1S/C10H10FN3S/c1-6-3-4-7(5-8(6)11)9-12-10(15)14(2)13-9/h3-5H,1-2H3,(H,12,13,15). The number of aryl methyl sites for hydroxylation is 2. The molecule has 0 amide bonds. The minimum absolute atomic E-state index is 0.238. The van der Waals surface area contributed by atoms with Gasteiger partial charge in [0.1, 0.15) is 5.82 Å². The summed E-state index contributed by atoms with van der Waals surface area (Å²) in [7, 11) is 1.77. The molecule has 0 aliphatic rings. The van der Waals surface area contributed by atoms with Crippen molar-refractivity contribution in [1.29, 1.82) is 0 Å². The van der Waals surface area contributed by atoms with Crippen LogP contribution in [0.3, 0.4) is 0 Å². The van der Waals surface area contributed by atoms with Crippen LogP contribution in [-0.4, -0.2) is 14.8 Å². The maximum Gasteiger partial charge on any atom is 0.216 e. The lowest BCUT2D eigenvalue weighted by atomic mass is 10.1. The van der Waals surface area contributed by atoms with Crippen molar-refractivity contribution in [3.05, 3.63) is 34.4 Å². The monoisotopic (exact) mass is 223 g/mol. The second-order valence-corrected chi connectivity index (χ2v) is 3.74. The zero-order valence-electron chi connectivity index (χ0n) is 8.41. The Bertz CT molecular complexity index is 556. The first-order valence-corrected chi connectivity index (χ1v) is 4.88. The molecule has 0 aliphatic heterocycles. The molecular weight excluding hydrogens is 213 g/mol. The topological polar surface area (TPSA) is 33.6 Å². The third-order valence-corrected chi connectivity index (χ3v) is 2.58. The number of nitrogens with zero attached hydrogens (tertiary/aromatic N) is 2. The smallest absolute Gasteiger partial charge is 0.216 e. The van der Waals surface area contributed by atoms with Crippen molar-refractivity contribution in [1.82, 2.24) is 14.8 Å². The van der Waals surface area contributed by atoms with Crippen molar-refractivity contribution in [2.75, 3.05) is 0 Å². The van der Waals surface area contributed by atoms with E-state index in [1.807, 2.05) is 6.07 Å². The normalized spacial score (nSPS) is 10.6. The Hall–Kier alpha value is -1.49. The lowest BCUT2D eigenvalue weighted by Crippen LogP contribution is -1.90. The first-order valence-electron chi connectivity index (χ1n) is 4.47. The summed E-state index contributed by atoms with van der Waals surface area (Å²) < 4.78 is 15.4. The van der Waals surface area contributed by atoms with Gasteiger partial charge in [-0.15, -0.1) is 0 Å². The van der Waals surface area contributed by atoms with E-state index in [0.717, 1.165) is 0 Å². The van der Waals surface area contributed by atoms with Gasteiger partial charge in [0.15, 0.2) is 5.82 Å². The Kier molecular flexibility index (Phi) is 2.40. The molecule has 3 nitrogen and oxygen atoms in total. The van der Waals surface area contributed by atoms with Crippen LogP contribution in [0, 0.1) is 17.5 Å². The van der Waals surface area contributed by atoms with Gasteiger partial charge in [0.2, 0.25) is 4.77 Å². The van der Waals surface area contributed by atoms with Crippen LogP contribution in [0.15, 0.2) is 18.2 Å². The van der Waals surface area contributed by atoms with E-state index in [1.165, 1.54) is 6.07 Å². The average Bonchev–Trinajstić information content (AvgIpc) is 2.52. The van der Waals surface area contributed by atoms with E-state index in [4.69, 9.17) is 12.2 Å². The number of hydrogen-bond acceptors (Lipinski definition) is 2. The largest absolute Gasteiger partial charge is 0.279 e. The number of aromatic nitrogens is 3. The van der Waals surface area contributed by atoms with Crippen molar-refractivity contribution >= 4 is 12.2 Å². The molecule has 2 rings (SSSR count). The van der Waals surface area contributed by atoms with Crippen LogP contribution in [0.25, 0.3) is 11.4 Å². The molecule has 1 heterocycles. The van der Waals surface area contributed by atoms with E-state index in [0.29, 0.717) is 21.7 Å². The van der Waals surface area contributed by atoms with Crippen LogP contribution in [-0.2, 0) is 7.05 Å². The van der Waals surface area contributed by atoms with Gasteiger partial charge in [-0.3, -0.25) is 9.78 Å². The van der Waals surface area contributed by atoms with Crippen molar-refractivity contribution in [2.24, 2.45) is 7.05 Å². The predicted molar refractivity (Wildman–Crippen MR) is 58.5 cm³/mol. The molecule has 0 bridgehead atoms. The van der Waals surface area contributed by atoms with Crippen LogP contribution in [0.2, 0.25) is 0 Å². The molecule has 0 saturated heterocycles. The van der Waals surface area contributed by atoms with Gasteiger partial charge < -0.3 is 0 Å². The molecule has 78 valence electrons. The Morgan fingerprint density at radius 2 is 2.20 bits per heavy atom. The number of benzene rings is 1. The molecule has 1 N–H and O–H groups in total. The molecule has 0 atom stereocenters. The number of rotatable bonds is 1. The number of aromatic amines is 1. The molecule has 2 aromatic rings. The van der Waals surface area contributed by atoms with Gasteiger partial charge in [-0.2, -0.15) is 4.98 Å². The highest BCUT2D eigenvalue weighted by Gasteiger charge is 2.05. The fraction of sp³-hybridized carbons (Fsp3) is 0.200. The Morgan fingerprint density at radius 1 is 1.47 bits per heavy atom. The van der Waals surface area contributed by atoms with Crippen molar-refractivity contribution in [2.45, 2.75) is 6.92 Å². The van der Waals surface area contributed by atoms with Crippen LogP contribution in [0.1, 0.15) is 5.56 Å². The van der Waals surface area contributed by atoms with E-state index in [9.17, 15) is 4.39 Å². The van der Waals surface area contributed by atoms with Gasteiger partial charge in [0.25, 0.3) is 0 Å². The molecule has 5 heteroatoms. The summed E-state index contributed by atoms with van der Waals surface area (Å²) in [5.41, 5.74) is 1.32. The summed E-state index contributed by atoms with van der Waals surface area (Å²) in [5, 5.41) is 2.94. The highest BCUT2D eigenvalue weighted by molar-refractivity contribution is 7.71. The second-order valence-electron chi connectivity index (χ2n) is 3.38. The summed E-state index contributed by atoms with van der Waals surface area (Å²) in [4.78, 5) is 4.11. The zero-order valence-corrected chi connectivity index (χ0v) is 9.23. The van der Waals surface area contributed by atoms with E-state index in [2.05, 4.69) is 10.1 Å². The zero-order chi connectivity index (χ0) is 11.0. The van der Waals surface area contributed by atoms with Gasteiger partial charge in [0, 0.05) is 12.6 Å². The quantitative estimate of drug-likeness (QED) is 0.754. The number of H-pyrrole nitrogens is 1. The SMILES string of the molecule is Cc1ccc(-c2nc(=S)n(C)[nH]2)cc1F. The lowest BCUT2D eigenvalue weighted by Gasteiger charge is -1.99. The van der Waals surface area contributed by atoms with Crippen LogP contribution < -0.4 is 0 Å². The highest BCUT2D eigenvalue weighted by Crippen LogP contribution is 2.17. The lowest BCUT2D eigenvalue weighted by molar-refractivity contribution is 0.619. The van der Waals surface area contributed by atoms with Gasteiger partial charge in [-0.05, 0) is 30.8 Å². The molecule has 15 heavy (non-hydrogen) atoms. The summed E-state index contributed by atoms with van der Waals surface area (Å²) in [6.45, 7) is 1.72. The number of hydrogen-bond donors (Lipinski definition) is 1. The molecule has 0 aliphatic carbocycles. The molecular formula is C10H10FN3S. The maximum absolute atomic E-state index is 13.3. The van der Waals surface area contributed by atoms with Crippen molar-refractivity contribution < 1.29 is 4.39 Å². The fourth-order valence-electron chi connectivity index (χ4n) is 1.27. The number of nitrogens with one attached hydrogen (secondary N) is 1. The maximum atomic E-state index is 13.3. The van der Waals surface area contributed by atoms with Gasteiger partial charge in [-0.1, -0.05) is 12.1 Å². The Balaban J connectivity index is 2.54. The van der Waals surface area contributed by atoms with Gasteiger partial charge in [-0.25, -0.2) is 4.39 Å².